The standard InChI is InChI=1S/C19H23ClN2O/c1-22-7-6-12-8-16(20)18(23)10-15(12)19-14-9-13(21)4-2-11(14)3-5-17(19)22/h2,4,8-10,16-19,23H,3,5-7,21H2,1H3/t16?,17-,18?,19+/m0/s1. The summed E-state index contributed by atoms with van der Waals surface area (Å²) in [6.45, 7) is 1.03. The molecule has 2 aliphatic carbocycles. The fourth-order valence-corrected chi connectivity index (χ4v) is 4.65. The van der Waals surface area contributed by atoms with Crippen molar-refractivity contribution in [3.8, 4) is 0 Å². The molecule has 4 heteroatoms. The van der Waals surface area contributed by atoms with Gasteiger partial charge < -0.3 is 15.7 Å². The number of nitrogen functional groups attached to an aromatic ring is 1. The summed E-state index contributed by atoms with van der Waals surface area (Å²) in [6.07, 6.45) is 6.66. The molecule has 0 spiro atoms. The Hall–Kier alpha value is -1.29. The maximum absolute atomic E-state index is 10.3. The molecule has 4 rings (SSSR count). The van der Waals surface area contributed by atoms with Crippen LogP contribution in [0.25, 0.3) is 0 Å². The Bertz CT molecular complexity index is 697. The number of rotatable bonds is 0. The van der Waals surface area contributed by atoms with Crippen LogP contribution in [0.1, 0.15) is 29.9 Å². The molecule has 2 unspecified atom stereocenters. The van der Waals surface area contributed by atoms with E-state index in [1.807, 2.05) is 12.1 Å². The summed E-state index contributed by atoms with van der Waals surface area (Å²) in [4.78, 5) is 2.46. The van der Waals surface area contributed by atoms with Gasteiger partial charge in [-0.1, -0.05) is 18.2 Å². The van der Waals surface area contributed by atoms with E-state index in [0.29, 0.717) is 6.04 Å². The van der Waals surface area contributed by atoms with Gasteiger partial charge in [-0.15, -0.1) is 11.6 Å². The van der Waals surface area contributed by atoms with Crippen molar-refractivity contribution >= 4 is 17.3 Å². The van der Waals surface area contributed by atoms with Crippen molar-refractivity contribution in [1.82, 2.24) is 4.90 Å². The van der Waals surface area contributed by atoms with E-state index in [0.717, 1.165) is 31.5 Å². The molecule has 3 aliphatic rings. The number of hydrogen-bond acceptors (Lipinski definition) is 3. The zero-order chi connectivity index (χ0) is 16.1. The van der Waals surface area contributed by atoms with E-state index in [9.17, 15) is 5.11 Å². The first-order chi connectivity index (χ1) is 11.0. The smallest absolute Gasteiger partial charge is 0.0926 e. The van der Waals surface area contributed by atoms with Crippen LogP contribution in [0, 0.1) is 0 Å². The molecular weight excluding hydrogens is 308 g/mol. The second kappa shape index (κ2) is 5.66. The lowest BCUT2D eigenvalue weighted by atomic mass is 9.72. The number of nitrogens with zero attached hydrogens (tertiary/aromatic N) is 1. The van der Waals surface area contributed by atoms with Crippen LogP contribution < -0.4 is 5.73 Å². The summed E-state index contributed by atoms with van der Waals surface area (Å²) in [6, 6.07) is 6.75. The summed E-state index contributed by atoms with van der Waals surface area (Å²) in [5.41, 5.74) is 12.2. The summed E-state index contributed by atoms with van der Waals surface area (Å²) in [5.74, 6) is 0.278. The number of alkyl halides is 1. The Morgan fingerprint density at radius 1 is 1.26 bits per heavy atom. The maximum Gasteiger partial charge on any atom is 0.0926 e. The Morgan fingerprint density at radius 3 is 2.91 bits per heavy atom. The molecule has 122 valence electrons. The van der Waals surface area contributed by atoms with E-state index in [1.165, 1.54) is 22.3 Å². The van der Waals surface area contributed by atoms with Crippen LogP contribution >= 0.6 is 11.6 Å². The minimum absolute atomic E-state index is 0.278. The van der Waals surface area contributed by atoms with Crippen LogP contribution in [-0.2, 0) is 6.42 Å². The molecule has 3 N–H and O–H groups in total. The van der Waals surface area contributed by atoms with Crippen molar-refractivity contribution < 1.29 is 5.11 Å². The minimum atomic E-state index is -0.606. The first-order valence-electron chi connectivity index (χ1n) is 8.38. The van der Waals surface area contributed by atoms with Crippen LogP contribution in [0.2, 0.25) is 0 Å². The fraction of sp³-hybridized carbons (Fsp3) is 0.474. The van der Waals surface area contributed by atoms with Gasteiger partial charge in [0.15, 0.2) is 0 Å². The number of halogens is 1. The van der Waals surface area contributed by atoms with Gasteiger partial charge in [-0.2, -0.15) is 0 Å². The molecule has 1 aliphatic heterocycles. The van der Waals surface area contributed by atoms with Crippen molar-refractivity contribution in [2.75, 3.05) is 19.3 Å². The first-order valence-corrected chi connectivity index (χ1v) is 8.81. The van der Waals surface area contributed by atoms with E-state index < -0.39 is 6.10 Å². The van der Waals surface area contributed by atoms with Gasteiger partial charge in [0.1, 0.15) is 0 Å². The molecule has 0 radical (unpaired) electrons. The average molecular weight is 331 g/mol. The highest BCUT2D eigenvalue weighted by molar-refractivity contribution is 6.22. The fourth-order valence-electron chi connectivity index (χ4n) is 4.42. The quantitative estimate of drug-likeness (QED) is 0.568. The molecule has 0 saturated carbocycles. The molecule has 0 bridgehead atoms. The Balaban J connectivity index is 1.88. The van der Waals surface area contributed by atoms with Gasteiger partial charge in [-0.05, 0) is 60.7 Å². The van der Waals surface area contributed by atoms with Crippen LogP contribution in [-0.4, -0.2) is 41.1 Å². The number of anilines is 1. The highest BCUT2D eigenvalue weighted by atomic mass is 35.5. The van der Waals surface area contributed by atoms with Crippen molar-refractivity contribution in [3.63, 3.8) is 0 Å². The number of aliphatic hydroxyl groups excluding tert-OH is 1. The van der Waals surface area contributed by atoms with Crippen LogP contribution in [0.15, 0.2) is 41.5 Å². The van der Waals surface area contributed by atoms with E-state index >= 15 is 0 Å². The first kappa shape index (κ1) is 15.3. The van der Waals surface area contributed by atoms with Crippen molar-refractivity contribution in [2.24, 2.45) is 0 Å². The molecule has 1 heterocycles. The number of fused-ring (bicyclic) bond motifs is 5. The molecule has 4 atom stereocenters. The molecule has 3 nitrogen and oxygen atoms in total. The number of aryl methyl sites for hydroxylation is 1. The SMILES string of the molecule is CN1CCC2=CC(Cl)C(O)C=C2[C@H]2c3cc(N)ccc3CC[C@@H]21. The van der Waals surface area contributed by atoms with Crippen LogP contribution in [0.3, 0.4) is 0 Å². The number of hydrogen-bond donors (Lipinski definition) is 2. The van der Waals surface area contributed by atoms with Crippen molar-refractivity contribution in [2.45, 2.75) is 42.7 Å². The van der Waals surface area contributed by atoms with Crippen LogP contribution in [0.5, 0.6) is 0 Å². The van der Waals surface area contributed by atoms with E-state index in [4.69, 9.17) is 17.3 Å². The number of likely N-dealkylation sites (tertiary alicyclic amines) is 1. The molecular formula is C19H23ClN2O. The summed E-state index contributed by atoms with van der Waals surface area (Å²) in [7, 11) is 2.21. The van der Waals surface area contributed by atoms with Crippen LogP contribution in [0.4, 0.5) is 5.69 Å². The van der Waals surface area contributed by atoms with E-state index in [1.54, 1.807) is 0 Å². The van der Waals surface area contributed by atoms with Crippen molar-refractivity contribution in [3.05, 3.63) is 52.6 Å². The number of nitrogens with two attached hydrogens (primary N) is 1. The van der Waals surface area contributed by atoms with Gasteiger partial charge in [-0.25, -0.2) is 0 Å². The normalized spacial score (nSPS) is 33.7. The average Bonchev–Trinajstić information content (AvgIpc) is 2.66. The predicted molar refractivity (Wildman–Crippen MR) is 94.8 cm³/mol. The summed E-state index contributed by atoms with van der Waals surface area (Å²) in [5, 5.41) is 9.96. The Labute approximate surface area is 142 Å². The zero-order valence-corrected chi connectivity index (χ0v) is 14.1. The zero-order valence-electron chi connectivity index (χ0n) is 13.4. The lowest BCUT2D eigenvalue weighted by molar-refractivity contribution is 0.211. The van der Waals surface area contributed by atoms with E-state index in [2.05, 4.69) is 30.2 Å². The van der Waals surface area contributed by atoms with E-state index in [-0.39, 0.29) is 11.3 Å². The molecule has 1 aromatic rings. The molecule has 23 heavy (non-hydrogen) atoms. The second-order valence-corrected chi connectivity index (χ2v) is 7.53. The third-order valence-corrected chi connectivity index (χ3v) is 6.03. The third-order valence-electron chi connectivity index (χ3n) is 5.64. The molecule has 1 fully saturated rings. The van der Waals surface area contributed by atoms with Gasteiger partial charge in [-0.3, -0.25) is 0 Å². The highest BCUT2D eigenvalue weighted by Gasteiger charge is 2.39. The Morgan fingerprint density at radius 2 is 2.09 bits per heavy atom. The topological polar surface area (TPSA) is 49.5 Å². The number of benzene rings is 1. The van der Waals surface area contributed by atoms with Gasteiger partial charge >= 0.3 is 0 Å². The largest absolute Gasteiger partial charge is 0.399 e. The molecule has 1 saturated heterocycles. The monoisotopic (exact) mass is 330 g/mol. The third kappa shape index (κ3) is 2.51. The molecule has 0 amide bonds. The highest BCUT2D eigenvalue weighted by Crippen LogP contribution is 2.46. The lowest BCUT2D eigenvalue weighted by Crippen LogP contribution is -2.39. The minimum Gasteiger partial charge on any atom is -0.399 e. The van der Waals surface area contributed by atoms with Gasteiger partial charge in [0.05, 0.1) is 11.5 Å². The predicted octanol–water partition coefficient (Wildman–Crippen LogP) is 2.84. The van der Waals surface area contributed by atoms with Gasteiger partial charge in [0.2, 0.25) is 0 Å². The maximum atomic E-state index is 10.3. The number of aliphatic hydroxyl groups is 1. The summed E-state index contributed by atoms with van der Waals surface area (Å²) < 4.78 is 0. The Kier molecular flexibility index (Phi) is 3.75. The van der Waals surface area contributed by atoms with Gasteiger partial charge in [0, 0.05) is 24.2 Å². The molecule has 1 aromatic carbocycles. The van der Waals surface area contributed by atoms with Gasteiger partial charge in [0.25, 0.3) is 0 Å². The summed E-state index contributed by atoms with van der Waals surface area (Å²) >= 11 is 6.27. The van der Waals surface area contributed by atoms with Crippen molar-refractivity contribution in [1.29, 1.82) is 0 Å². The number of likely N-dealkylation sites (N-methyl/N-ethyl adjacent to an activating group) is 1. The second-order valence-electron chi connectivity index (χ2n) is 7.02. The molecule has 0 aromatic heterocycles. The lowest BCUT2D eigenvalue weighted by Gasteiger charge is -2.39.